The van der Waals surface area contributed by atoms with Crippen LogP contribution < -0.4 is 19.9 Å². The minimum absolute atomic E-state index is 0.147. The van der Waals surface area contributed by atoms with Crippen LogP contribution in [0.15, 0.2) is 36.4 Å². The zero-order chi connectivity index (χ0) is 27.3. The summed E-state index contributed by atoms with van der Waals surface area (Å²) in [5.41, 5.74) is 4.87. The Bertz CT molecular complexity index is 1360. The van der Waals surface area contributed by atoms with Crippen LogP contribution >= 0.6 is 0 Å². The predicted octanol–water partition coefficient (Wildman–Crippen LogP) is 4.45. The van der Waals surface area contributed by atoms with Gasteiger partial charge in [0.05, 0.1) is 24.7 Å². The molecule has 0 amide bonds. The SMILES string of the molecule is Cc1cccc2cccc(N3CCCc4c(nc(OCCN5CCCCC5)nc4N4CCNC(CC#N)C4)C3)c12. The summed E-state index contributed by atoms with van der Waals surface area (Å²) in [6.07, 6.45) is 6.35. The normalized spacial score (nSPS) is 20.1. The first-order chi connectivity index (χ1) is 19.7. The predicted molar refractivity (Wildman–Crippen MR) is 160 cm³/mol. The zero-order valence-corrected chi connectivity index (χ0v) is 23.7. The summed E-state index contributed by atoms with van der Waals surface area (Å²) in [4.78, 5) is 17.4. The van der Waals surface area contributed by atoms with Crippen molar-refractivity contribution in [3.05, 3.63) is 53.2 Å². The number of ether oxygens (including phenoxy) is 1. The van der Waals surface area contributed by atoms with Crippen molar-refractivity contribution in [3.63, 3.8) is 0 Å². The molecule has 3 aliphatic heterocycles. The van der Waals surface area contributed by atoms with Crippen LogP contribution in [-0.2, 0) is 13.0 Å². The topological polar surface area (TPSA) is 80.6 Å². The Balaban J connectivity index is 1.32. The number of hydrogen-bond acceptors (Lipinski definition) is 8. The Kier molecular flexibility index (Phi) is 8.31. The van der Waals surface area contributed by atoms with Gasteiger partial charge in [-0.05, 0) is 62.7 Å². The number of aryl methyl sites for hydroxylation is 1. The molecule has 1 N–H and O–H groups in total. The van der Waals surface area contributed by atoms with Gasteiger partial charge in [0.2, 0.25) is 0 Å². The van der Waals surface area contributed by atoms with E-state index in [2.05, 4.69) is 69.4 Å². The Morgan fingerprint density at radius 2 is 1.85 bits per heavy atom. The molecule has 3 aliphatic rings. The van der Waals surface area contributed by atoms with Crippen LogP contribution in [-0.4, -0.2) is 73.3 Å². The number of likely N-dealkylation sites (tertiary alicyclic amines) is 1. The number of aromatic nitrogens is 2. The van der Waals surface area contributed by atoms with Crippen LogP contribution in [0.4, 0.5) is 11.5 Å². The van der Waals surface area contributed by atoms with Gasteiger partial charge in [0, 0.05) is 55.4 Å². The summed E-state index contributed by atoms with van der Waals surface area (Å²) in [5, 5.41) is 15.4. The fourth-order valence-corrected chi connectivity index (χ4v) is 6.60. The number of piperazine rings is 1. The van der Waals surface area contributed by atoms with E-state index in [1.54, 1.807) is 0 Å². The lowest BCUT2D eigenvalue weighted by Gasteiger charge is -2.35. The Morgan fingerprint density at radius 1 is 1.00 bits per heavy atom. The molecule has 1 aromatic heterocycles. The van der Waals surface area contributed by atoms with Gasteiger partial charge in [-0.2, -0.15) is 15.2 Å². The largest absolute Gasteiger partial charge is 0.462 e. The zero-order valence-electron chi connectivity index (χ0n) is 23.7. The molecule has 1 unspecified atom stereocenters. The van der Waals surface area contributed by atoms with Crippen molar-refractivity contribution in [2.24, 2.45) is 0 Å². The molecule has 40 heavy (non-hydrogen) atoms. The fraction of sp³-hybridized carbons (Fsp3) is 0.531. The van der Waals surface area contributed by atoms with Crippen molar-refractivity contribution < 1.29 is 4.74 Å². The second-order valence-corrected chi connectivity index (χ2v) is 11.4. The number of benzene rings is 2. The molecule has 8 nitrogen and oxygen atoms in total. The van der Waals surface area contributed by atoms with Crippen LogP contribution in [0.2, 0.25) is 0 Å². The van der Waals surface area contributed by atoms with Gasteiger partial charge >= 0.3 is 6.01 Å². The van der Waals surface area contributed by atoms with Gasteiger partial charge < -0.3 is 19.9 Å². The summed E-state index contributed by atoms with van der Waals surface area (Å²) in [7, 11) is 0. The number of nitriles is 1. The van der Waals surface area contributed by atoms with Crippen LogP contribution in [0.3, 0.4) is 0 Å². The molecule has 0 saturated carbocycles. The van der Waals surface area contributed by atoms with Gasteiger partial charge in [0.1, 0.15) is 12.4 Å². The maximum absolute atomic E-state index is 9.32. The van der Waals surface area contributed by atoms with Crippen molar-refractivity contribution in [1.82, 2.24) is 20.2 Å². The number of rotatable bonds is 7. The van der Waals surface area contributed by atoms with E-state index in [0.29, 0.717) is 19.0 Å². The van der Waals surface area contributed by atoms with Gasteiger partial charge in [0.25, 0.3) is 0 Å². The van der Waals surface area contributed by atoms with E-state index in [1.807, 2.05) is 0 Å². The summed E-state index contributed by atoms with van der Waals surface area (Å²) in [6.45, 7) is 10.2. The van der Waals surface area contributed by atoms with Crippen LogP contribution in [0.5, 0.6) is 6.01 Å². The van der Waals surface area contributed by atoms with Gasteiger partial charge in [-0.3, -0.25) is 4.90 Å². The van der Waals surface area contributed by atoms with E-state index in [4.69, 9.17) is 14.7 Å². The Hall–Kier alpha value is -3.41. The highest BCUT2D eigenvalue weighted by Crippen LogP contribution is 2.35. The molecule has 2 fully saturated rings. The Morgan fingerprint density at radius 3 is 2.70 bits per heavy atom. The second kappa shape index (κ2) is 12.4. The number of anilines is 2. The van der Waals surface area contributed by atoms with Crippen LogP contribution in [0, 0.1) is 18.3 Å². The average molecular weight is 540 g/mol. The molecular weight excluding hydrogens is 498 g/mol. The van der Waals surface area contributed by atoms with Crippen molar-refractivity contribution >= 4 is 22.3 Å². The van der Waals surface area contributed by atoms with Crippen LogP contribution in [0.25, 0.3) is 10.8 Å². The lowest BCUT2D eigenvalue weighted by molar-refractivity contribution is 0.177. The van der Waals surface area contributed by atoms with E-state index in [9.17, 15) is 5.26 Å². The van der Waals surface area contributed by atoms with Crippen molar-refractivity contribution in [1.29, 1.82) is 5.26 Å². The van der Waals surface area contributed by atoms with Gasteiger partial charge in [-0.25, -0.2) is 0 Å². The molecule has 6 rings (SSSR count). The summed E-state index contributed by atoms with van der Waals surface area (Å²) in [5.74, 6) is 0.998. The minimum Gasteiger partial charge on any atom is -0.462 e. The maximum Gasteiger partial charge on any atom is 0.318 e. The lowest BCUT2D eigenvalue weighted by atomic mass is 10.0. The van der Waals surface area contributed by atoms with Crippen molar-refractivity contribution in [2.45, 2.75) is 58.0 Å². The van der Waals surface area contributed by atoms with Gasteiger partial charge in [0.15, 0.2) is 0 Å². The highest BCUT2D eigenvalue weighted by Gasteiger charge is 2.28. The molecular formula is C32H41N7O. The maximum atomic E-state index is 9.32. The molecule has 1 atom stereocenters. The molecule has 0 bridgehead atoms. The molecule has 0 radical (unpaired) electrons. The quantitative estimate of drug-likeness (QED) is 0.472. The molecule has 0 aliphatic carbocycles. The molecule has 210 valence electrons. The summed E-state index contributed by atoms with van der Waals surface area (Å²) < 4.78 is 6.27. The van der Waals surface area contributed by atoms with Gasteiger partial charge in [-0.1, -0.05) is 36.8 Å². The van der Waals surface area contributed by atoms with Crippen molar-refractivity contribution in [2.75, 3.05) is 62.2 Å². The molecule has 4 heterocycles. The van der Waals surface area contributed by atoms with E-state index in [1.165, 1.54) is 46.8 Å². The van der Waals surface area contributed by atoms with Crippen LogP contribution in [0.1, 0.15) is 48.9 Å². The molecule has 8 heteroatoms. The summed E-state index contributed by atoms with van der Waals surface area (Å²) >= 11 is 0. The van der Waals surface area contributed by atoms with Gasteiger partial charge in [-0.15, -0.1) is 0 Å². The number of hydrogen-bond donors (Lipinski definition) is 1. The monoisotopic (exact) mass is 539 g/mol. The highest BCUT2D eigenvalue weighted by molar-refractivity contribution is 5.96. The van der Waals surface area contributed by atoms with E-state index >= 15 is 0 Å². The number of fused-ring (bicyclic) bond motifs is 2. The third-order valence-electron chi connectivity index (χ3n) is 8.66. The molecule has 2 saturated heterocycles. The lowest BCUT2D eigenvalue weighted by Crippen LogP contribution is -2.51. The first-order valence-corrected chi connectivity index (χ1v) is 15.0. The molecule has 0 spiro atoms. The second-order valence-electron chi connectivity index (χ2n) is 11.4. The first-order valence-electron chi connectivity index (χ1n) is 15.0. The van der Waals surface area contributed by atoms with E-state index in [-0.39, 0.29) is 6.04 Å². The van der Waals surface area contributed by atoms with E-state index in [0.717, 1.165) is 76.7 Å². The number of nitrogens with one attached hydrogen (secondary N) is 1. The first kappa shape index (κ1) is 26.8. The third-order valence-corrected chi connectivity index (χ3v) is 8.66. The Labute approximate surface area is 237 Å². The fourth-order valence-electron chi connectivity index (χ4n) is 6.60. The average Bonchev–Trinajstić information content (AvgIpc) is 3.20. The minimum atomic E-state index is 0.147. The van der Waals surface area contributed by atoms with E-state index < -0.39 is 0 Å². The molecule has 2 aromatic carbocycles. The molecule has 3 aromatic rings. The standard InChI is InChI=1S/C32H41N7O/c1-24-8-5-9-25-10-6-12-29(30(24)25)38-18-7-11-27-28(23-38)35-32(40-21-20-37-16-3-2-4-17-37)36-31(27)39-19-15-34-26(22-39)13-14-33/h5-6,8-10,12,26,34H,2-4,7,11,13,15-23H2,1H3. The number of piperidine rings is 1. The third kappa shape index (κ3) is 5.86. The van der Waals surface area contributed by atoms with Crippen molar-refractivity contribution in [3.8, 4) is 12.1 Å². The smallest absolute Gasteiger partial charge is 0.318 e. The number of nitrogens with zero attached hydrogens (tertiary/aromatic N) is 6. The summed E-state index contributed by atoms with van der Waals surface area (Å²) in [6, 6.07) is 16.1. The highest BCUT2D eigenvalue weighted by atomic mass is 16.5.